The van der Waals surface area contributed by atoms with Crippen molar-refractivity contribution in [3.05, 3.63) is 40.6 Å². The third kappa shape index (κ3) is 2.68. The van der Waals surface area contributed by atoms with Crippen LogP contribution in [0, 0.1) is 10.1 Å². The van der Waals surface area contributed by atoms with Gasteiger partial charge in [-0.05, 0) is 18.2 Å². The van der Waals surface area contributed by atoms with Crippen molar-refractivity contribution in [2.75, 3.05) is 31.2 Å². The van der Waals surface area contributed by atoms with E-state index in [0.717, 1.165) is 0 Å². The second kappa shape index (κ2) is 6.27. The molecule has 0 aliphatic heterocycles. The summed E-state index contributed by atoms with van der Waals surface area (Å²) in [6, 6.07) is 6.46. The van der Waals surface area contributed by atoms with E-state index in [4.69, 9.17) is 10.2 Å². The number of nitro benzene ring substituents is 1. The Kier molecular flexibility index (Phi) is 4.44. The maximum atomic E-state index is 11.0. The lowest BCUT2D eigenvalue weighted by Gasteiger charge is -2.24. The van der Waals surface area contributed by atoms with Crippen molar-refractivity contribution < 1.29 is 15.1 Å². The maximum Gasteiger partial charge on any atom is 0.295 e. The van der Waals surface area contributed by atoms with E-state index < -0.39 is 4.92 Å². The number of anilines is 1. The number of fused-ring (bicyclic) bond motifs is 1. The minimum atomic E-state index is -0.471. The molecule has 1 aromatic carbocycles. The van der Waals surface area contributed by atoms with Gasteiger partial charge in [0, 0.05) is 36.4 Å². The number of pyridine rings is 1. The Labute approximate surface area is 115 Å². The summed E-state index contributed by atoms with van der Waals surface area (Å²) in [5.41, 5.74) is 0.954. The highest BCUT2D eigenvalue weighted by Gasteiger charge is 2.18. The first-order valence-electron chi connectivity index (χ1n) is 6.18. The van der Waals surface area contributed by atoms with Crippen molar-refractivity contribution in [2.45, 2.75) is 0 Å². The fourth-order valence-electron chi connectivity index (χ4n) is 2.16. The van der Waals surface area contributed by atoms with Gasteiger partial charge in [0.1, 0.15) is 5.52 Å². The molecule has 2 aromatic rings. The second-order valence-electron chi connectivity index (χ2n) is 4.19. The second-order valence-corrected chi connectivity index (χ2v) is 4.19. The van der Waals surface area contributed by atoms with Crippen molar-refractivity contribution in [1.82, 2.24) is 4.98 Å². The average molecular weight is 277 g/mol. The molecule has 7 heteroatoms. The number of hydrogen-bond acceptors (Lipinski definition) is 6. The molecule has 1 heterocycles. The molecule has 1 aromatic heterocycles. The van der Waals surface area contributed by atoms with Crippen LogP contribution in [0.25, 0.3) is 10.9 Å². The number of aliphatic hydroxyl groups excluding tert-OH is 2. The van der Waals surface area contributed by atoms with Gasteiger partial charge in [0.25, 0.3) is 5.69 Å². The Morgan fingerprint density at radius 2 is 1.90 bits per heavy atom. The number of non-ortho nitro benzene ring substituents is 1. The molecule has 0 bridgehead atoms. The molecule has 2 N–H and O–H groups in total. The number of nitrogens with zero attached hydrogens (tertiary/aromatic N) is 3. The van der Waals surface area contributed by atoms with Gasteiger partial charge in [-0.15, -0.1) is 0 Å². The quantitative estimate of drug-likeness (QED) is 0.602. The molecule has 0 aliphatic carbocycles. The Morgan fingerprint density at radius 1 is 1.20 bits per heavy atom. The summed E-state index contributed by atoms with van der Waals surface area (Å²) in [5, 5.41) is 29.8. The van der Waals surface area contributed by atoms with Gasteiger partial charge in [0.05, 0.1) is 18.1 Å². The van der Waals surface area contributed by atoms with Crippen LogP contribution in [-0.4, -0.2) is 46.4 Å². The zero-order valence-electron chi connectivity index (χ0n) is 10.8. The molecule has 20 heavy (non-hydrogen) atoms. The molecule has 2 rings (SSSR count). The van der Waals surface area contributed by atoms with Crippen LogP contribution in [0.4, 0.5) is 11.4 Å². The Hall–Kier alpha value is -2.25. The molecular weight excluding hydrogens is 262 g/mol. The van der Waals surface area contributed by atoms with Crippen LogP contribution in [0.1, 0.15) is 0 Å². The first-order valence-corrected chi connectivity index (χ1v) is 6.18. The molecule has 0 saturated carbocycles. The normalized spacial score (nSPS) is 10.7. The first-order chi connectivity index (χ1) is 9.69. The topological polar surface area (TPSA) is 99.7 Å². The van der Waals surface area contributed by atoms with E-state index in [-0.39, 0.29) is 18.9 Å². The number of aliphatic hydroxyl groups is 2. The third-order valence-electron chi connectivity index (χ3n) is 3.00. The molecule has 0 saturated heterocycles. The fourth-order valence-corrected chi connectivity index (χ4v) is 2.16. The molecule has 0 fully saturated rings. The summed E-state index contributed by atoms with van der Waals surface area (Å²) in [4.78, 5) is 16.4. The zero-order chi connectivity index (χ0) is 14.5. The number of benzene rings is 1. The van der Waals surface area contributed by atoms with Crippen LogP contribution in [-0.2, 0) is 0 Å². The molecule has 0 spiro atoms. The molecular formula is C13H15N3O4. The molecule has 7 nitrogen and oxygen atoms in total. The van der Waals surface area contributed by atoms with E-state index in [1.807, 2.05) is 0 Å². The van der Waals surface area contributed by atoms with Gasteiger partial charge in [0.2, 0.25) is 0 Å². The van der Waals surface area contributed by atoms with Gasteiger partial charge in [-0.25, -0.2) is 4.98 Å². The Morgan fingerprint density at radius 3 is 2.50 bits per heavy atom. The van der Waals surface area contributed by atoms with Crippen molar-refractivity contribution in [3.8, 4) is 0 Å². The van der Waals surface area contributed by atoms with Crippen molar-refractivity contribution in [3.63, 3.8) is 0 Å². The highest BCUT2D eigenvalue weighted by molar-refractivity contribution is 5.97. The minimum Gasteiger partial charge on any atom is -0.395 e. The van der Waals surface area contributed by atoms with Crippen LogP contribution in [0.15, 0.2) is 30.5 Å². The Bertz CT molecular complexity index is 612. The molecule has 0 aliphatic rings. The van der Waals surface area contributed by atoms with Gasteiger partial charge in [-0.1, -0.05) is 0 Å². The predicted octanol–water partition coefficient (Wildman–Crippen LogP) is 0.934. The van der Waals surface area contributed by atoms with Crippen LogP contribution < -0.4 is 4.90 Å². The van der Waals surface area contributed by atoms with Crippen LogP contribution >= 0.6 is 0 Å². The number of aromatic nitrogens is 1. The molecule has 0 atom stereocenters. The van der Waals surface area contributed by atoms with Gasteiger partial charge < -0.3 is 15.1 Å². The molecule has 106 valence electrons. The highest BCUT2D eigenvalue weighted by Crippen LogP contribution is 2.31. The summed E-state index contributed by atoms with van der Waals surface area (Å²) in [7, 11) is 0. The summed E-state index contributed by atoms with van der Waals surface area (Å²) < 4.78 is 0. The van der Waals surface area contributed by atoms with E-state index in [2.05, 4.69) is 4.98 Å². The lowest BCUT2D eigenvalue weighted by molar-refractivity contribution is -0.383. The van der Waals surface area contributed by atoms with E-state index in [1.165, 1.54) is 12.3 Å². The largest absolute Gasteiger partial charge is 0.395 e. The average Bonchev–Trinajstić information content (AvgIpc) is 2.45. The van der Waals surface area contributed by atoms with Crippen LogP contribution in [0.3, 0.4) is 0 Å². The van der Waals surface area contributed by atoms with E-state index in [0.29, 0.717) is 29.7 Å². The van der Waals surface area contributed by atoms with Gasteiger partial charge in [-0.2, -0.15) is 0 Å². The molecule has 0 amide bonds. The lowest BCUT2D eigenvalue weighted by atomic mass is 10.1. The van der Waals surface area contributed by atoms with Crippen LogP contribution in [0.2, 0.25) is 0 Å². The fraction of sp³-hybridized carbons (Fsp3) is 0.308. The maximum absolute atomic E-state index is 11.0. The predicted molar refractivity (Wildman–Crippen MR) is 74.8 cm³/mol. The smallest absolute Gasteiger partial charge is 0.295 e. The van der Waals surface area contributed by atoms with Crippen LogP contribution in [0.5, 0.6) is 0 Å². The monoisotopic (exact) mass is 277 g/mol. The lowest BCUT2D eigenvalue weighted by Crippen LogP contribution is -2.29. The summed E-state index contributed by atoms with van der Waals surface area (Å²) in [6.45, 7) is 0.530. The van der Waals surface area contributed by atoms with Gasteiger partial charge in [0.15, 0.2) is 0 Å². The summed E-state index contributed by atoms with van der Waals surface area (Å²) >= 11 is 0. The van der Waals surface area contributed by atoms with Crippen molar-refractivity contribution in [2.24, 2.45) is 0 Å². The van der Waals surface area contributed by atoms with Crippen molar-refractivity contribution >= 4 is 22.3 Å². The summed E-state index contributed by atoms with van der Waals surface area (Å²) in [5.74, 6) is 0. The van der Waals surface area contributed by atoms with E-state index in [9.17, 15) is 10.1 Å². The van der Waals surface area contributed by atoms with Gasteiger partial charge >= 0.3 is 0 Å². The number of hydrogen-bond donors (Lipinski definition) is 2. The first kappa shape index (κ1) is 14.2. The number of nitro groups is 1. The van der Waals surface area contributed by atoms with E-state index in [1.54, 1.807) is 23.1 Å². The number of rotatable bonds is 6. The molecule has 0 unspecified atom stereocenters. The highest BCUT2D eigenvalue weighted by atomic mass is 16.6. The van der Waals surface area contributed by atoms with Gasteiger partial charge in [-0.3, -0.25) is 10.1 Å². The van der Waals surface area contributed by atoms with Crippen molar-refractivity contribution in [1.29, 1.82) is 0 Å². The third-order valence-corrected chi connectivity index (χ3v) is 3.00. The van der Waals surface area contributed by atoms with E-state index >= 15 is 0 Å². The Balaban J connectivity index is 2.59. The minimum absolute atomic E-state index is 0.0581. The molecule has 0 radical (unpaired) electrons. The SMILES string of the molecule is O=[N+]([O-])c1ccc(N(CCO)CCO)c2cccnc12. The summed E-state index contributed by atoms with van der Waals surface area (Å²) in [6.07, 6.45) is 1.50. The standard InChI is InChI=1S/C13H15N3O4/c17-8-6-15(7-9-18)11-3-4-12(16(19)20)13-10(11)2-1-5-14-13/h1-5,17-18H,6-9H2. The zero-order valence-corrected chi connectivity index (χ0v) is 10.8.